The van der Waals surface area contributed by atoms with Crippen LogP contribution in [0.2, 0.25) is 15.1 Å². The Morgan fingerprint density at radius 1 is 1.27 bits per heavy atom. The first-order valence-corrected chi connectivity index (χ1v) is 5.27. The van der Waals surface area contributed by atoms with Gasteiger partial charge in [-0.15, -0.1) is 0 Å². The maximum absolute atomic E-state index is 10.5. The van der Waals surface area contributed by atoms with Gasteiger partial charge in [0.1, 0.15) is 0 Å². The molecular formula is C9H9Cl3N2O. The van der Waals surface area contributed by atoms with Gasteiger partial charge in [0.15, 0.2) is 0 Å². The quantitative estimate of drug-likeness (QED) is 0.822. The third-order valence-corrected chi connectivity index (χ3v) is 2.94. The number of nitrogens with two attached hydrogens (primary N) is 1. The van der Waals surface area contributed by atoms with E-state index in [4.69, 9.17) is 40.5 Å². The highest BCUT2D eigenvalue weighted by molar-refractivity contribution is 6.44. The van der Waals surface area contributed by atoms with Gasteiger partial charge in [-0.2, -0.15) is 0 Å². The molecule has 0 atom stereocenters. The Kier molecular flexibility index (Phi) is 4.67. The van der Waals surface area contributed by atoms with E-state index in [-0.39, 0.29) is 6.54 Å². The highest BCUT2D eigenvalue weighted by Crippen LogP contribution is 2.31. The topological polar surface area (TPSA) is 55.1 Å². The number of hydrogen-bond acceptors (Lipinski definition) is 2. The van der Waals surface area contributed by atoms with Crippen molar-refractivity contribution in [2.75, 3.05) is 6.54 Å². The third kappa shape index (κ3) is 3.54. The van der Waals surface area contributed by atoms with Crippen molar-refractivity contribution in [1.82, 2.24) is 5.32 Å². The molecule has 0 aliphatic carbocycles. The number of benzene rings is 1. The molecule has 0 aliphatic rings. The lowest BCUT2D eigenvalue weighted by Crippen LogP contribution is -2.28. The molecule has 1 aromatic rings. The Balaban J connectivity index is 2.75. The monoisotopic (exact) mass is 266 g/mol. The molecule has 6 heteroatoms. The summed E-state index contributed by atoms with van der Waals surface area (Å²) >= 11 is 17.7. The first-order valence-electron chi connectivity index (χ1n) is 4.13. The van der Waals surface area contributed by atoms with Crippen molar-refractivity contribution in [3.8, 4) is 0 Å². The zero-order chi connectivity index (χ0) is 11.4. The molecular weight excluding hydrogens is 258 g/mol. The zero-order valence-electron chi connectivity index (χ0n) is 7.69. The number of nitrogens with one attached hydrogen (secondary N) is 1. The summed E-state index contributed by atoms with van der Waals surface area (Å²) in [6.45, 7) is 0.417. The molecule has 3 nitrogen and oxygen atoms in total. The Bertz CT molecular complexity index is 382. The first-order chi connectivity index (χ1) is 7.02. The maximum Gasteiger partial charge on any atom is 0.231 e. The fraction of sp³-hybridized carbons (Fsp3) is 0.222. The van der Waals surface area contributed by atoms with E-state index in [0.717, 1.165) is 0 Å². The Labute approximate surface area is 102 Å². The molecule has 15 heavy (non-hydrogen) atoms. The summed E-state index contributed by atoms with van der Waals surface area (Å²) in [5, 5.41) is 4.13. The number of hydrogen-bond donors (Lipinski definition) is 2. The fourth-order valence-electron chi connectivity index (χ4n) is 1.04. The molecule has 0 fully saturated rings. The van der Waals surface area contributed by atoms with Crippen LogP contribution in [0.3, 0.4) is 0 Å². The molecule has 0 saturated heterocycles. The molecule has 1 aromatic carbocycles. The molecule has 0 saturated carbocycles. The molecule has 0 spiro atoms. The Morgan fingerprint density at radius 3 is 2.47 bits per heavy atom. The van der Waals surface area contributed by atoms with Gasteiger partial charge in [-0.05, 0) is 12.1 Å². The first kappa shape index (κ1) is 12.6. The van der Waals surface area contributed by atoms with E-state index in [1.807, 2.05) is 0 Å². The van der Waals surface area contributed by atoms with Crippen LogP contribution < -0.4 is 11.1 Å². The van der Waals surface area contributed by atoms with Crippen LogP contribution in [0.15, 0.2) is 12.1 Å². The lowest BCUT2D eigenvalue weighted by molar-refractivity contribution is -0.117. The van der Waals surface area contributed by atoms with E-state index in [2.05, 4.69) is 5.32 Å². The minimum absolute atomic E-state index is 0.0686. The smallest absolute Gasteiger partial charge is 0.231 e. The summed E-state index contributed by atoms with van der Waals surface area (Å²) in [6, 6.07) is 3.26. The van der Waals surface area contributed by atoms with Crippen molar-refractivity contribution in [3.05, 3.63) is 32.8 Å². The molecule has 1 rings (SSSR count). The standard InChI is InChI=1S/C9H9Cl3N2O/c10-6-1-2-7(11)9(12)5(6)3-14-4-8(13)15/h1-2,14H,3-4H2,(H2,13,15). The average Bonchev–Trinajstić information content (AvgIpc) is 2.17. The summed E-state index contributed by atoms with van der Waals surface area (Å²) in [7, 11) is 0. The normalized spacial score (nSPS) is 10.3. The van der Waals surface area contributed by atoms with Gasteiger partial charge in [0, 0.05) is 17.1 Å². The number of rotatable bonds is 4. The molecule has 1 amide bonds. The molecule has 0 unspecified atom stereocenters. The molecule has 0 bridgehead atoms. The van der Waals surface area contributed by atoms with Crippen LogP contribution in [0.1, 0.15) is 5.56 Å². The van der Waals surface area contributed by atoms with E-state index in [1.165, 1.54) is 0 Å². The second-order valence-electron chi connectivity index (χ2n) is 2.89. The zero-order valence-corrected chi connectivity index (χ0v) is 9.96. The maximum atomic E-state index is 10.5. The Hall–Kier alpha value is -0.480. The molecule has 0 radical (unpaired) electrons. The lowest BCUT2D eigenvalue weighted by atomic mass is 10.2. The van der Waals surface area contributed by atoms with Gasteiger partial charge in [0.2, 0.25) is 5.91 Å². The van der Waals surface area contributed by atoms with Crippen molar-refractivity contribution >= 4 is 40.7 Å². The second-order valence-corrected chi connectivity index (χ2v) is 4.08. The minimum Gasteiger partial charge on any atom is -0.369 e. The highest BCUT2D eigenvalue weighted by atomic mass is 35.5. The molecule has 82 valence electrons. The predicted octanol–water partition coefficient (Wildman–Crippen LogP) is 2.22. The van der Waals surface area contributed by atoms with Crippen molar-refractivity contribution in [3.63, 3.8) is 0 Å². The van der Waals surface area contributed by atoms with E-state index < -0.39 is 5.91 Å². The fourth-order valence-corrected chi connectivity index (χ4v) is 1.72. The summed E-state index contributed by atoms with van der Waals surface area (Å²) in [6.07, 6.45) is 0. The molecule has 0 aromatic heterocycles. The van der Waals surface area contributed by atoms with E-state index >= 15 is 0 Å². The predicted molar refractivity (Wildman–Crippen MR) is 62.4 cm³/mol. The van der Waals surface area contributed by atoms with Gasteiger partial charge < -0.3 is 11.1 Å². The number of halogens is 3. The van der Waals surface area contributed by atoms with Gasteiger partial charge in [-0.25, -0.2) is 0 Å². The SMILES string of the molecule is NC(=O)CNCc1c(Cl)ccc(Cl)c1Cl. The van der Waals surface area contributed by atoms with Crippen molar-refractivity contribution in [1.29, 1.82) is 0 Å². The van der Waals surface area contributed by atoms with E-state index in [9.17, 15) is 4.79 Å². The van der Waals surface area contributed by atoms with Crippen LogP contribution in [-0.4, -0.2) is 12.5 Å². The van der Waals surface area contributed by atoms with Gasteiger partial charge in [0.25, 0.3) is 0 Å². The summed E-state index contributed by atoms with van der Waals surface area (Å²) in [5.74, 6) is -0.440. The van der Waals surface area contributed by atoms with E-state index in [1.54, 1.807) is 12.1 Å². The summed E-state index contributed by atoms with van der Waals surface area (Å²) in [4.78, 5) is 10.5. The van der Waals surface area contributed by atoms with Crippen molar-refractivity contribution < 1.29 is 4.79 Å². The Morgan fingerprint density at radius 2 is 1.87 bits per heavy atom. The third-order valence-electron chi connectivity index (χ3n) is 1.74. The van der Waals surface area contributed by atoms with Crippen LogP contribution in [0.4, 0.5) is 0 Å². The summed E-state index contributed by atoms with van der Waals surface area (Å²) in [5.41, 5.74) is 5.63. The van der Waals surface area contributed by atoms with Crippen molar-refractivity contribution in [2.24, 2.45) is 5.73 Å². The van der Waals surface area contributed by atoms with Gasteiger partial charge in [0.05, 0.1) is 16.6 Å². The van der Waals surface area contributed by atoms with Crippen LogP contribution >= 0.6 is 34.8 Å². The molecule has 0 heterocycles. The van der Waals surface area contributed by atoms with Gasteiger partial charge in [-0.1, -0.05) is 34.8 Å². The van der Waals surface area contributed by atoms with Crippen molar-refractivity contribution in [2.45, 2.75) is 6.54 Å². The largest absolute Gasteiger partial charge is 0.369 e. The number of carbonyl (C=O) groups excluding carboxylic acids is 1. The number of carbonyl (C=O) groups is 1. The highest BCUT2D eigenvalue weighted by Gasteiger charge is 2.09. The van der Waals surface area contributed by atoms with Gasteiger partial charge >= 0.3 is 0 Å². The number of primary amides is 1. The van der Waals surface area contributed by atoms with Crippen LogP contribution in [0.25, 0.3) is 0 Å². The minimum atomic E-state index is -0.440. The van der Waals surface area contributed by atoms with E-state index in [0.29, 0.717) is 27.2 Å². The second kappa shape index (κ2) is 5.56. The molecule has 0 aliphatic heterocycles. The number of amides is 1. The summed E-state index contributed by atoms with van der Waals surface area (Å²) < 4.78 is 0. The van der Waals surface area contributed by atoms with Gasteiger partial charge in [-0.3, -0.25) is 4.79 Å². The van der Waals surface area contributed by atoms with Crippen LogP contribution in [-0.2, 0) is 11.3 Å². The van der Waals surface area contributed by atoms with Crippen LogP contribution in [0.5, 0.6) is 0 Å². The van der Waals surface area contributed by atoms with Crippen LogP contribution in [0, 0.1) is 0 Å². The molecule has 3 N–H and O–H groups in total. The lowest BCUT2D eigenvalue weighted by Gasteiger charge is -2.08. The average molecular weight is 268 g/mol.